The van der Waals surface area contributed by atoms with Crippen molar-refractivity contribution in [1.82, 2.24) is 4.98 Å². The minimum Gasteiger partial charge on any atom is -0.388 e. The lowest BCUT2D eigenvalue weighted by Crippen LogP contribution is -2.38. The Morgan fingerprint density at radius 2 is 1.79 bits per heavy atom. The van der Waals surface area contributed by atoms with Gasteiger partial charge in [0.2, 0.25) is 5.92 Å². The number of benzene rings is 2. The normalized spacial score (nSPS) is 17.3. The van der Waals surface area contributed by atoms with Gasteiger partial charge in [0.1, 0.15) is 0 Å². The fraction of sp³-hybridized carbons (Fsp3) is 0.250. The van der Waals surface area contributed by atoms with Crippen molar-refractivity contribution in [2.45, 2.75) is 24.9 Å². The molecule has 2 aromatic carbocycles. The first-order valence-electron chi connectivity index (χ1n) is 8.67. The van der Waals surface area contributed by atoms with Crippen LogP contribution in [0.5, 0.6) is 0 Å². The number of amides is 1. The minimum atomic E-state index is -2.72. The van der Waals surface area contributed by atoms with E-state index in [9.17, 15) is 27.5 Å². The Hall–Kier alpha value is -2.87. The Balaban J connectivity index is 1.48. The lowest BCUT2D eigenvalue weighted by Gasteiger charge is -2.38. The number of rotatable bonds is 4. The van der Waals surface area contributed by atoms with Crippen LogP contribution in [0.4, 0.5) is 23.2 Å². The number of halogens is 4. The zero-order valence-corrected chi connectivity index (χ0v) is 14.5. The molecule has 0 radical (unpaired) electrons. The van der Waals surface area contributed by atoms with Gasteiger partial charge < -0.3 is 15.4 Å². The van der Waals surface area contributed by atoms with Crippen molar-refractivity contribution >= 4 is 22.5 Å². The van der Waals surface area contributed by atoms with E-state index in [-0.39, 0.29) is 18.4 Å². The van der Waals surface area contributed by atoms with Crippen LogP contribution in [-0.4, -0.2) is 21.9 Å². The number of nitrogens with one attached hydrogen (secondary N) is 2. The highest BCUT2D eigenvalue weighted by Crippen LogP contribution is 2.48. The van der Waals surface area contributed by atoms with E-state index >= 15 is 0 Å². The molecule has 28 heavy (non-hydrogen) atoms. The molecule has 0 aliphatic heterocycles. The Bertz CT molecular complexity index is 1040. The van der Waals surface area contributed by atoms with Gasteiger partial charge in [0.05, 0.1) is 17.3 Å². The lowest BCUT2D eigenvalue weighted by molar-refractivity contribution is -0.142. The molecule has 1 atom stereocenters. The standard InChI is InChI=1S/C20H16F4N2O2/c21-14-5-13-16(6-15(14)22)25-9-17(13)26-19(28)11-3-1-10(2-4-11)18(27)12-7-20(23,24)8-12/h1-6,9,12,18,25,27H,7-8H2,(H,26,28). The summed E-state index contributed by atoms with van der Waals surface area (Å²) in [6.07, 6.45) is -0.290. The average Bonchev–Trinajstić information content (AvgIpc) is 3.01. The maximum Gasteiger partial charge on any atom is 0.255 e. The van der Waals surface area contributed by atoms with E-state index in [1.807, 2.05) is 0 Å². The number of carbonyl (C=O) groups excluding carboxylic acids is 1. The van der Waals surface area contributed by atoms with Gasteiger partial charge in [-0.05, 0) is 23.8 Å². The molecule has 146 valence electrons. The van der Waals surface area contributed by atoms with E-state index < -0.39 is 35.5 Å². The molecule has 1 heterocycles. The molecule has 0 saturated heterocycles. The molecular weight excluding hydrogens is 376 g/mol. The summed E-state index contributed by atoms with van der Waals surface area (Å²) < 4.78 is 52.7. The van der Waals surface area contributed by atoms with Crippen molar-refractivity contribution in [3.8, 4) is 0 Å². The van der Waals surface area contributed by atoms with Crippen molar-refractivity contribution in [3.63, 3.8) is 0 Å². The third-order valence-electron chi connectivity index (χ3n) is 5.05. The highest BCUT2D eigenvalue weighted by Gasteiger charge is 2.48. The van der Waals surface area contributed by atoms with Crippen LogP contribution in [0.15, 0.2) is 42.6 Å². The quantitative estimate of drug-likeness (QED) is 0.560. The second-order valence-corrected chi connectivity index (χ2v) is 7.06. The van der Waals surface area contributed by atoms with Gasteiger partial charge in [-0.2, -0.15) is 0 Å². The van der Waals surface area contributed by atoms with Crippen molar-refractivity contribution in [2.24, 2.45) is 5.92 Å². The molecule has 1 saturated carbocycles. The predicted molar refractivity (Wildman–Crippen MR) is 95.2 cm³/mol. The largest absolute Gasteiger partial charge is 0.388 e. The molecule has 0 spiro atoms. The zero-order valence-electron chi connectivity index (χ0n) is 14.5. The smallest absolute Gasteiger partial charge is 0.255 e. The number of alkyl halides is 2. The van der Waals surface area contributed by atoms with Crippen LogP contribution in [-0.2, 0) is 0 Å². The highest BCUT2D eigenvalue weighted by atomic mass is 19.3. The van der Waals surface area contributed by atoms with Gasteiger partial charge in [-0.25, -0.2) is 17.6 Å². The van der Waals surface area contributed by atoms with Crippen LogP contribution < -0.4 is 5.32 Å². The van der Waals surface area contributed by atoms with Gasteiger partial charge in [-0.15, -0.1) is 0 Å². The fourth-order valence-electron chi connectivity index (χ4n) is 3.45. The van der Waals surface area contributed by atoms with E-state index in [0.29, 0.717) is 22.2 Å². The minimum absolute atomic E-state index is 0.270. The lowest BCUT2D eigenvalue weighted by atomic mass is 9.75. The van der Waals surface area contributed by atoms with E-state index in [1.54, 1.807) is 0 Å². The molecule has 3 aromatic rings. The van der Waals surface area contributed by atoms with Crippen LogP contribution in [0.2, 0.25) is 0 Å². The number of aliphatic hydroxyl groups is 1. The maximum absolute atomic E-state index is 13.5. The molecule has 0 bridgehead atoms. The summed E-state index contributed by atoms with van der Waals surface area (Å²) in [5.74, 6) is -5.72. The number of H-pyrrole nitrogens is 1. The van der Waals surface area contributed by atoms with Crippen LogP contribution in [0, 0.1) is 17.6 Å². The summed E-state index contributed by atoms with van der Waals surface area (Å²) in [6.45, 7) is 0. The first-order valence-corrected chi connectivity index (χ1v) is 8.67. The molecule has 1 aromatic heterocycles. The van der Waals surface area contributed by atoms with Gasteiger partial charge in [0, 0.05) is 42.0 Å². The van der Waals surface area contributed by atoms with Crippen molar-refractivity contribution in [3.05, 3.63) is 65.4 Å². The maximum atomic E-state index is 13.5. The second-order valence-electron chi connectivity index (χ2n) is 7.06. The predicted octanol–water partition coefficient (Wildman–Crippen LogP) is 4.78. The van der Waals surface area contributed by atoms with Crippen LogP contribution in [0.1, 0.15) is 34.9 Å². The molecule has 4 rings (SSSR count). The van der Waals surface area contributed by atoms with Crippen molar-refractivity contribution in [1.29, 1.82) is 0 Å². The number of hydrogen-bond donors (Lipinski definition) is 3. The molecular formula is C20H16F4N2O2. The van der Waals surface area contributed by atoms with Crippen molar-refractivity contribution in [2.75, 3.05) is 5.32 Å². The Kier molecular flexibility index (Phi) is 4.38. The molecule has 3 N–H and O–H groups in total. The molecule has 1 fully saturated rings. The van der Waals surface area contributed by atoms with E-state index in [4.69, 9.17) is 0 Å². The first-order chi connectivity index (χ1) is 13.2. The number of hydrogen-bond acceptors (Lipinski definition) is 2. The molecule has 1 aliphatic carbocycles. The molecule has 1 amide bonds. The van der Waals surface area contributed by atoms with Crippen LogP contribution in [0.3, 0.4) is 0 Å². The summed E-state index contributed by atoms with van der Waals surface area (Å²) in [5, 5.41) is 13.1. The SMILES string of the molecule is O=C(Nc1c[nH]c2cc(F)c(F)cc12)c1ccc(C(O)C2CC(F)(F)C2)cc1. The summed E-state index contributed by atoms with van der Waals surface area (Å²) in [6, 6.07) is 7.96. The second kappa shape index (κ2) is 6.63. The third kappa shape index (κ3) is 3.35. The highest BCUT2D eigenvalue weighted by molar-refractivity contribution is 6.09. The van der Waals surface area contributed by atoms with Crippen molar-refractivity contribution < 1.29 is 27.5 Å². The van der Waals surface area contributed by atoms with Crippen LogP contribution >= 0.6 is 0 Å². The first kappa shape index (κ1) is 18.5. The summed E-state index contributed by atoms with van der Waals surface area (Å²) in [4.78, 5) is 15.2. The Morgan fingerprint density at radius 3 is 2.43 bits per heavy atom. The van der Waals surface area contributed by atoms with Gasteiger partial charge in [0.25, 0.3) is 5.91 Å². The number of aromatic amines is 1. The number of carbonyl (C=O) groups is 1. The summed E-state index contributed by atoms with van der Waals surface area (Å²) in [7, 11) is 0. The summed E-state index contributed by atoms with van der Waals surface area (Å²) >= 11 is 0. The average molecular weight is 392 g/mol. The number of anilines is 1. The van der Waals surface area contributed by atoms with E-state index in [0.717, 1.165) is 12.1 Å². The zero-order chi connectivity index (χ0) is 20.1. The Labute approximate surface area is 157 Å². The van der Waals surface area contributed by atoms with Gasteiger partial charge in [-0.1, -0.05) is 12.1 Å². The number of aliphatic hydroxyl groups excluding tert-OH is 1. The number of fused-ring (bicyclic) bond motifs is 1. The van der Waals surface area contributed by atoms with Gasteiger partial charge >= 0.3 is 0 Å². The molecule has 8 heteroatoms. The fourth-order valence-corrected chi connectivity index (χ4v) is 3.45. The van der Waals surface area contributed by atoms with Crippen LogP contribution in [0.25, 0.3) is 10.9 Å². The molecule has 4 nitrogen and oxygen atoms in total. The molecule has 1 aliphatic rings. The van der Waals surface area contributed by atoms with Gasteiger partial charge in [-0.3, -0.25) is 4.79 Å². The summed E-state index contributed by atoms with van der Waals surface area (Å²) in [5.41, 5.74) is 1.36. The third-order valence-corrected chi connectivity index (χ3v) is 5.05. The van der Waals surface area contributed by atoms with E-state index in [1.165, 1.54) is 30.5 Å². The topological polar surface area (TPSA) is 65.1 Å². The monoisotopic (exact) mass is 392 g/mol. The number of aromatic nitrogens is 1. The van der Waals surface area contributed by atoms with Gasteiger partial charge in [0.15, 0.2) is 11.6 Å². The van der Waals surface area contributed by atoms with E-state index in [2.05, 4.69) is 10.3 Å². The molecule has 1 unspecified atom stereocenters. The Morgan fingerprint density at radius 1 is 1.14 bits per heavy atom.